The van der Waals surface area contributed by atoms with Crippen LogP contribution in [-0.2, 0) is 20.7 Å². The SMILES string of the molecule is CC(C)(C)OC(=O)NC(CCCCNC(=O)Cc1ccccc1)C(N)=O. The third kappa shape index (κ3) is 9.66. The Labute approximate surface area is 154 Å². The van der Waals surface area contributed by atoms with Crippen molar-refractivity contribution in [3.05, 3.63) is 35.9 Å². The largest absolute Gasteiger partial charge is 0.444 e. The predicted molar refractivity (Wildman–Crippen MR) is 99.4 cm³/mol. The van der Waals surface area contributed by atoms with Crippen LogP contribution in [0.4, 0.5) is 4.79 Å². The molecule has 0 aromatic heterocycles. The van der Waals surface area contributed by atoms with Crippen molar-refractivity contribution >= 4 is 17.9 Å². The second-order valence-corrected chi connectivity index (χ2v) is 7.11. The Morgan fingerprint density at radius 3 is 2.35 bits per heavy atom. The molecule has 144 valence electrons. The lowest BCUT2D eigenvalue weighted by Gasteiger charge is -2.22. The molecule has 0 aliphatic carbocycles. The van der Waals surface area contributed by atoms with Crippen LogP contribution in [0.5, 0.6) is 0 Å². The summed E-state index contributed by atoms with van der Waals surface area (Å²) in [6, 6.07) is 8.71. The summed E-state index contributed by atoms with van der Waals surface area (Å²) in [5.74, 6) is -0.654. The molecule has 4 N–H and O–H groups in total. The van der Waals surface area contributed by atoms with Crippen molar-refractivity contribution in [2.75, 3.05) is 6.54 Å². The lowest BCUT2D eigenvalue weighted by atomic mass is 10.1. The van der Waals surface area contributed by atoms with E-state index in [4.69, 9.17) is 10.5 Å². The normalized spacial score (nSPS) is 12.1. The quantitative estimate of drug-likeness (QED) is 0.582. The maximum atomic E-state index is 11.8. The summed E-state index contributed by atoms with van der Waals surface area (Å²) < 4.78 is 5.12. The van der Waals surface area contributed by atoms with E-state index in [0.717, 1.165) is 5.56 Å². The summed E-state index contributed by atoms with van der Waals surface area (Å²) in [6.45, 7) is 5.72. The van der Waals surface area contributed by atoms with Crippen LogP contribution in [0.2, 0.25) is 0 Å². The first-order valence-corrected chi connectivity index (χ1v) is 8.77. The smallest absolute Gasteiger partial charge is 0.408 e. The molecule has 0 saturated heterocycles. The highest BCUT2D eigenvalue weighted by Crippen LogP contribution is 2.08. The van der Waals surface area contributed by atoms with Crippen molar-refractivity contribution in [3.8, 4) is 0 Å². The van der Waals surface area contributed by atoms with E-state index >= 15 is 0 Å². The Kier molecular flexibility index (Phi) is 8.61. The van der Waals surface area contributed by atoms with Crippen molar-refractivity contribution in [2.45, 2.75) is 58.1 Å². The third-order valence-corrected chi connectivity index (χ3v) is 3.48. The Hall–Kier alpha value is -2.57. The number of alkyl carbamates (subject to hydrolysis) is 1. The van der Waals surface area contributed by atoms with Crippen LogP contribution in [0.15, 0.2) is 30.3 Å². The number of carbonyl (C=O) groups is 3. The lowest BCUT2D eigenvalue weighted by molar-refractivity contribution is -0.121. The molecule has 1 atom stereocenters. The van der Waals surface area contributed by atoms with Gasteiger partial charge in [0.15, 0.2) is 0 Å². The molecule has 0 radical (unpaired) electrons. The number of hydrogen-bond donors (Lipinski definition) is 3. The van der Waals surface area contributed by atoms with Crippen molar-refractivity contribution in [3.63, 3.8) is 0 Å². The van der Waals surface area contributed by atoms with Gasteiger partial charge in [0.25, 0.3) is 0 Å². The monoisotopic (exact) mass is 363 g/mol. The number of unbranched alkanes of at least 4 members (excludes halogenated alkanes) is 1. The fourth-order valence-corrected chi connectivity index (χ4v) is 2.28. The molecular weight excluding hydrogens is 334 g/mol. The number of benzene rings is 1. The Morgan fingerprint density at radius 1 is 1.12 bits per heavy atom. The first-order chi connectivity index (χ1) is 12.2. The molecule has 1 aromatic rings. The highest BCUT2D eigenvalue weighted by molar-refractivity contribution is 5.84. The average Bonchev–Trinajstić information content (AvgIpc) is 2.52. The van der Waals surface area contributed by atoms with Gasteiger partial charge in [0.1, 0.15) is 11.6 Å². The van der Waals surface area contributed by atoms with E-state index in [1.807, 2.05) is 30.3 Å². The molecule has 0 fully saturated rings. The average molecular weight is 363 g/mol. The molecule has 3 amide bonds. The maximum absolute atomic E-state index is 11.8. The van der Waals surface area contributed by atoms with Crippen molar-refractivity contribution in [1.82, 2.24) is 10.6 Å². The number of carbonyl (C=O) groups excluding carboxylic acids is 3. The zero-order valence-corrected chi connectivity index (χ0v) is 15.7. The van der Waals surface area contributed by atoms with Crippen LogP contribution in [0.25, 0.3) is 0 Å². The van der Waals surface area contributed by atoms with Crippen LogP contribution in [-0.4, -0.2) is 36.1 Å². The molecule has 0 aliphatic rings. The van der Waals surface area contributed by atoms with Crippen LogP contribution < -0.4 is 16.4 Å². The summed E-state index contributed by atoms with van der Waals surface area (Å²) >= 11 is 0. The molecule has 1 unspecified atom stereocenters. The number of hydrogen-bond acceptors (Lipinski definition) is 4. The second kappa shape index (κ2) is 10.4. The van der Waals surface area contributed by atoms with E-state index in [9.17, 15) is 14.4 Å². The van der Waals surface area contributed by atoms with Crippen molar-refractivity contribution in [1.29, 1.82) is 0 Å². The van der Waals surface area contributed by atoms with Gasteiger partial charge >= 0.3 is 6.09 Å². The van der Waals surface area contributed by atoms with Gasteiger partial charge in [-0.2, -0.15) is 0 Å². The zero-order valence-electron chi connectivity index (χ0n) is 15.7. The molecule has 0 saturated carbocycles. The molecule has 1 aromatic carbocycles. The van der Waals surface area contributed by atoms with Crippen LogP contribution in [0, 0.1) is 0 Å². The number of ether oxygens (including phenoxy) is 1. The zero-order chi connectivity index (χ0) is 19.6. The molecule has 26 heavy (non-hydrogen) atoms. The first kappa shape index (κ1) is 21.5. The van der Waals surface area contributed by atoms with Gasteiger partial charge < -0.3 is 21.1 Å². The van der Waals surface area contributed by atoms with Crippen LogP contribution >= 0.6 is 0 Å². The van der Waals surface area contributed by atoms with Gasteiger partial charge in [-0.3, -0.25) is 9.59 Å². The number of nitrogens with one attached hydrogen (secondary N) is 2. The molecule has 7 heteroatoms. The standard InChI is InChI=1S/C19H29N3O4/c1-19(2,3)26-18(25)22-15(17(20)24)11-7-8-12-21-16(23)13-14-9-5-4-6-10-14/h4-6,9-10,15H,7-8,11-13H2,1-3H3,(H2,20,24)(H,21,23)(H,22,25). The molecule has 7 nitrogen and oxygen atoms in total. The Balaban J connectivity index is 2.25. The number of amides is 3. The predicted octanol–water partition coefficient (Wildman–Crippen LogP) is 1.89. The van der Waals surface area contributed by atoms with Gasteiger partial charge in [0.05, 0.1) is 6.42 Å². The fourth-order valence-electron chi connectivity index (χ4n) is 2.28. The van der Waals surface area contributed by atoms with Gasteiger partial charge in [0, 0.05) is 6.54 Å². The lowest BCUT2D eigenvalue weighted by Crippen LogP contribution is -2.46. The van der Waals surface area contributed by atoms with E-state index in [1.165, 1.54) is 0 Å². The summed E-state index contributed by atoms with van der Waals surface area (Å²) in [5.41, 5.74) is 5.63. The van der Waals surface area contributed by atoms with Crippen LogP contribution in [0.3, 0.4) is 0 Å². The first-order valence-electron chi connectivity index (χ1n) is 8.77. The maximum Gasteiger partial charge on any atom is 0.408 e. The third-order valence-electron chi connectivity index (χ3n) is 3.48. The van der Waals surface area contributed by atoms with E-state index < -0.39 is 23.6 Å². The fraction of sp³-hybridized carbons (Fsp3) is 0.526. The van der Waals surface area contributed by atoms with Crippen molar-refractivity contribution in [2.24, 2.45) is 5.73 Å². The van der Waals surface area contributed by atoms with E-state index in [-0.39, 0.29) is 5.91 Å². The minimum Gasteiger partial charge on any atom is -0.444 e. The van der Waals surface area contributed by atoms with Gasteiger partial charge in [-0.1, -0.05) is 30.3 Å². The van der Waals surface area contributed by atoms with Gasteiger partial charge in [-0.05, 0) is 45.6 Å². The molecule has 0 spiro atoms. The summed E-state index contributed by atoms with van der Waals surface area (Å²) in [7, 11) is 0. The molecule has 1 rings (SSSR count). The molecule has 0 aliphatic heterocycles. The highest BCUT2D eigenvalue weighted by atomic mass is 16.6. The minimum atomic E-state index is -0.787. The van der Waals surface area contributed by atoms with Gasteiger partial charge in [-0.15, -0.1) is 0 Å². The second-order valence-electron chi connectivity index (χ2n) is 7.11. The Morgan fingerprint density at radius 2 is 1.77 bits per heavy atom. The molecule has 0 bridgehead atoms. The highest BCUT2D eigenvalue weighted by Gasteiger charge is 2.22. The number of nitrogens with two attached hydrogens (primary N) is 1. The molecule has 0 heterocycles. The van der Waals surface area contributed by atoms with E-state index in [2.05, 4.69) is 10.6 Å². The number of primary amides is 1. The van der Waals surface area contributed by atoms with Gasteiger partial charge in [0.2, 0.25) is 11.8 Å². The minimum absolute atomic E-state index is 0.0467. The van der Waals surface area contributed by atoms with Gasteiger partial charge in [-0.25, -0.2) is 4.79 Å². The summed E-state index contributed by atoms with van der Waals surface area (Å²) in [6.07, 6.45) is 1.38. The van der Waals surface area contributed by atoms with E-state index in [0.29, 0.717) is 32.2 Å². The van der Waals surface area contributed by atoms with E-state index in [1.54, 1.807) is 20.8 Å². The topological polar surface area (TPSA) is 111 Å². The summed E-state index contributed by atoms with van der Waals surface area (Å²) in [5, 5.41) is 5.32. The summed E-state index contributed by atoms with van der Waals surface area (Å²) in [4.78, 5) is 35.0. The number of rotatable bonds is 9. The Bertz CT molecular complexity index is 597. The van der Waals surface area contributed by atoms with Crippen LogP contribution in [0.1, 0.15) is 45.6 Å². The van der Waals surface area contributed by atoms with Crippen molar-refractivity contribution < 1.29 is 19.1 Å². The molecular formula is C19H29N3O4.